The van der Waals surface area contributed by atoms with Crippen LogP contribution >= 0.6 is 0 Å². The molecule has 2 heterocycles. The summed E-state index contributed by atoms with van der Waals surface area (Å²) < 4.78 is 12.2. The first kappa shape index (κ1) is 15.4. The third-order valence-electron chi connectivity index (χ3n) is 4.09. The maximum Gasteiger partial charge on any atom is 0.179 e. The molecule has 25 heavy (non-hydrogen) atoms. The van der Waals surface area contributed by atoms with E-state index in [1.165, 1.54) is 12.8 Å². The maximum atomic E-state index is 5.98. The second-order valence-electron chi connectivity index (χ2n) is 5.98. The minimum Gasteiger partial charge on any atom is -0.493 e. The van der Waals surface area contributed by atoms with Crippen molar-refractivity contribution in [3.8, 4) is 11.5 Å². The Morgan fingerprint density at radius 2 is 1.96 bits per heavy atom. The minimum absolute atomic E-state index is 0.491. The standard InChI is InChI=1S/C17H20N6O2/c1-24-13-6-5-11(7-14(13)25-2)21-16-8-12(20-10-3-4-10)17-19-9-15(18)23(17)22-16/h5-10,20H,3-4,18H2,1-2H3,(H,21,22). The van der Waals surface area contributed by atoms with Crippen LogP contribution in [0.25, 0.3) is 5.65 Å². The molecule has 1 aromatic carbocycles. The lowest BCUT2D eigenvalue weighted by Gasteiger charge is -2.13. The third kappa shape index (κ3) is 2.98. The van der Waals surface area contributed by atoms with Crippen LogP contribution in [0.4, 0.5) is 23.0 Å². The second-order valence-corrected chi connectivity index (χ2v) is 5.98. The van der Waals surface area contributed by atoms with Crippen LogP contribution in [0.15, 0.2) is 30.5 Å². The number of aromatic nitrogens is 3. The number of hydrogen-bond donors (Lipinski definition) is 3. The van der Waals surface area contributed by atoms with E-state index in [2.05, 4.69) is 20.7 Å². The molecule has 4 N–H and O–H groups in total. The fourth-order valence-electron chi connectivity index (χ4n) is 2.66. The number of nitrogens with zero attached hydrogens (tertiary/aromatic N) is 3. The predicted octanol–water partition coefficient (Wildman–Crippen LogP) is 2.65. The Kier molecular flexibility index (Phi) is 3.72. The minimum atomic E-state index is 0.491. The van der Waals surface area contributed by atoms with Crippen molar-refractivity contribution in [1.82, 2.24) is 14.6 Å². The Morgan fingerprint density at radius 1 is 1.16 bits per heavy atom. The maximum absolute atomic E-state index is 5.98. The molecule has 1 saturated carbocycles. The average molecular weight is 340 g/mol. The lowest BCUT2D eigenvalue weighted by Crippen LogP contribution is -2.08. The van der Waals surface area contributed by atoms with E-state index < -0.39 is 0 Å². The summed E-state index contributed by atoms with van der Waals surface area (Å²) in [4.78, 5) is 4.35. The number of hydrogen-bond acceptors (Lipinski definition) is 7. The number of nitrogens with one attached hydrogen (secondary N) is 2. The van der Waals surface area contributed by atoms with E-state index >= 15 is 0 Å². The van der Waals surface area contributed by atoms with Crippen LogP contribution in [0.2, 0.25) is 0 Å². The number of imidazole rings is 1. The molecule has 0 saturated heterocycles. The Hall–Kier alpha value is -3.16. The normalized spacial score (nSPS) is 13.7. The van der Waals surface area contributed by atoms with E-state index in [0.29, 0.717) is 29.2 Å². The van der Waals surface area contributed by atoms with Crippen LogP contribution in [0.3, 0.4) is 0 Å². The fraction of sp³-hybridized carbons (Fsp3) is 0.294. The van der Waals surface area contributed by atoms with Gasteiger partial charge in [0, 0.05) is 23.9 Å². The lowest BCUT2D eigenvalue weighted by molar-refractivity contribution is 0.355. The summed E-state index contributed by atoms with van der Waals surface area (Å²) in [5, 5.41) is 11.3. The van der Waals surface area contributed by atoms with Gasteiger partial charge in [0.25, 0.3) is 0 Å². The molecule has 4 rings (SSSR count). The number of methoxy groups -OCH3 is 2. The molecule has 8 nitrogen and oxygen atoms in total. The summed E-state index contributed by atoms with van der Waals surface area (Å²) in [7, 11) is 3.22. The molecule has 130 valence electrons. The molecular formula is C17H20N6O2. The fourth-order valence-corrected chi connectivity index (χ4v) is 2.66. The van der Waals surface area contributed by atoms with E-state index in [4.69, 9.17) is 15.2 Å². The highest BCUT2D eigenvalue weighted by molar-refractivity contribution is 5.74. The molecule has 0 atom stereocenters. The van der Waals surface area contributed by atoms with Crippen LogP contribution in [-0.2, 0) is 0 Å². The van der Waals surface area contributed by atoms with Crippen molar-refractivity contribution in [2.75, 3.05) is 30.6 Å². The van der Waals surface area contributed by atoms with E-state index in [1.54, 1.807) is 24.9 Å². The number of rotatable bonds is 6. The van der Waals surface area contributed by atoms with Gasteiger partial charge in [0.05, 0.1) is 26.1 Å². The number of benzene rings is 1. The zero-order valence-electron chi connectivity index (χ0n) is 14.1. The van der Waals surface area contributed by atoms with Gasteiger partial charge in [-0.15, -0.1) is 5.10 Å². The molecule has 0 aliphatic heterocycles. The first-order valence-corrected chi connectivity index (χ1v) is 8.08. The van der Waals surface area contributed by atoms with Gasteiger partial charge in [-0.25, -0.2) is 4.98 Å². The Balaban J connectivity index is 1.70. The van der Waals surface area contributed by atoms with Crippen molar-refractivity contribution in [2.24, 2.45) is 0 Å². The van der Waals surface area contributed by atoms with Gasteiger partial charge in [-0.05, 0) is 25.0 Å². The predicted molar refractivity (Wildman–Crippen MR) is 96.9 cm³/mol. The summed E-state index contributed by atoms with van der Waals surface area (Å²) in [5.74, 6) is 2.47. The Labute approximate surface area is 144 Å². The molecule has 0 spiro atoms. The van der Waals surface area contributed by atoms with Crippen LogP contribution in [-0.4, -0.2) is 34.9 Å². The Morgan fingerprint density at radius 3 is 2.68 bits per heavy atom. The van der Waals surface area contributed by atoms with Gasteiger partial charge < -0.3 is 25.8 Å². The lowest BCUT2D eigenvalue weighted by atomic mass is 10.2. The number of fused-ring (bicyclic) bond motifs is 1. The molecule has 1 fully saturated rings. The van der Waals surface area contributed by atoms with Gasteiger partial charge in [0.15, 0.2) is 23.0 Å². The molecule has 3 aromatic rings. The number of nitrogens with two attached hydrogens (primary N) is 1. The summed E-state index contributed by atoms with van der Waals surface area (Å²) >= 11 is 0. The van der Waals surface area contributed by atoms with E-state index in [1.807, 2.05) is 24.3 Å². The molecule has 0 radical (unpaired) electrons. The first-order valence-electron chi connectivity index (χ1n) is 8.08. The van der Waals surface area contributed by atoms with Crippen LogP contribution in [0.1, 0.15) is 12.8 Å². The average Bonchev–Trinajstić information content (AvgIpc) is 3.36. The van der Waals surface area contributed by atoms with Gasteiger partial charge in [-0.2, -0.15) is 4.52 Å². The van der Waals surface area contributed by atoms with Crippen molar-refractivity contribution < 1.29 is 9.47 Å². The van der Waals surface area contributed by atoms with Crippen LogP contribution in [0, 0.1) is 0 Å². The van der Waals surface area contributed by atoms with E-state index in [-0.39, 0.29) is 0 Å². The van der Waals surface area contributed by atoms with E-state index in [0.717, 1.165) is 17.0 Å². The van der Waals surface area contributed by atoms with Crippen molar-refractivity contribution in [3.63, 3.8) is 0 Å². The zero-order valence-corrected chi connectivity index (χ0v) is 14.1. The van der Waals surface area contributed by atoms with Crippen LogP contribution in [0.5, 0.6) is 11.5 Å². The second kappa shape index (κ2) is 6.04. The SMILES string of the molecule is COc1ccc(Nc2cc(NC3CC3)c3ncc(N)n3n2)cc1OC. The zero-order chi connectivity index (χ0) is 17.4. The van der Waals surface area contributed by atoms with Gasteiger partial charge in [0.2, 0.25) is 0 Å². The molecule has 0 bridgehead atoms. The van der Waals surface area contributed by atoms with Gasteiger partial charge >= 0.3 is 0 Å². The van der Waals surface area contributed by atoms with Crippen LogP contribution < -0.4 is 25.8 Å². The summed E-state index contributed by atoms with van der Waals surface area (Å²) in [5.41, 5.74) is 8.46. The van der Waals surface area contributed by atoms with Crippen molar-refractivity contribution in [1.29, 1.82) is 0 Å². The smallest absolute Gasteiger partial charge is 0.179 e. The number of anilines is 4. The third-order valence-corrected chi connectivity index (χ3v) is 4.09. The molecule has 0 unspecified atom stereocenters. The highest BCUT2D eigenvalue weighted by Crippen LogP contribution is 2.32. The monoisotopic (exact) mass is 340 g/mol. The van der Waals surface area contributed by atoms with Crippen molar-refractivity contribution in [3.05, 3.63) is 30.5 Å². The molecule has 2 aromatic heterocycles. The summed E-state index contributed by atoms with van der Waals surface area (Å²) in [6.45, 7) is 0. The molecule has 1 aliphatic rings. The van der Waals surface area contributed by atoms with Gasteiger partial charge in [-0.3, -0.25) is 0 Å². The molecule has 0 amide bonds. The molecule has 8 heteroatoms. The summed E-state index contributed by atoms with van der Waals surface area (Å²) in [6, 6.07) is 8.04. The quantitative estimate of drug-likeness (QED) is 0.634. The Bertz CT molecular complexity index is 919. The molecular weight excluding hydrogens is 320 g/mol. The highest BCUT2D eigenvalue weighted by atomic mass is 16.5. The van der Waals surface area contributed by atoms with Gasteiger partial charge in [-0.1, -0.05) is 0 Å². The first-order chi connectivity index (χ1) is 12.2. The van der Waals surface area contributed by atoms with E-state index in [9.17, 15) is 0 Å². The highest BCUT2D eigenvalue weighted by Gasteiger charge is 2.23. The largest absolute Gasteiger partial charge is 0.493 e. The molecule has 1 aliphatic carbocycles. The number of ether oxygens (including phenoxy) is 2. The van der Waals surface area contributed by atoms with Gasteiger partial charge in [0.1, 0.15) is 5.82 Å². The number of nitrogen functional groups attached to an aromatic ring is 1. The summed E-state index contributed by atoms with van der Waals surface area (Å²) in [6.07, 6.45) is 3.95. The van der Waals surface area contributed by atoms with Crippen molar-refractivity contribution in [2.45, 2.75) is 18.9 Å². The van der Waals surface area contributed by atoms with Crippen molar-refractivity contribution >= 4 is 28.7 Å². The topological polar surface area (TPSA) is 98.7 Å².